The van der Waals surface area contributed by atoms with Gasteiger partial charge in [0.25, 0.3) is 0 Å². The number of rotatable bonds is 7. The first kappa shape index (κ1) is 26.6. The van der Waals surface area contributed by atoms with Crippen LogP contribution in [0.25, 0.3) is 0 Å². The monoisotopic (exact) mass is 494 g/mol. The maximum Gasteiger partial charge on any atom is 0.115 e. The smallest absolute Gasteiger partial charge is 0.115 e. The fourth-order valence-corrected chi connectivity index (χ4v) is 10.7. The maximum absolute atomic E-state index is 11.2. The molecule has 1 aromatic rings. The summed E-state index contributed by atoms with van der Waals surface area (Å²) >= 11 is 0. The van der Waals surface area contributed by atoms with Gasteiger partial charge in [-0.25, -0.2) is 0 Å². The van der Waals surface area contributed by atoms with Crippen LogP contribution in [0.3, 0.4) is 0 Å². The largest absolute Gasteiger partial charge is 0.508 e. The highest BCUT2D eigenvalue weighted by Gasteiger charge is 2.61. The zero-order chi connectivity index (χ0) is 25.7. The lowest BCUT2D eigenvalue weighted by atomic mass is 9.42. The van der Waals surface area contributed by atoms with E-state index in [0.717, 1.165) is 48.3 Å². The van der Waals surface area contributed by atoms with Crippen LogP contribution in [0.4, 0.5) is 0 Å². The number of hydrogen-bond acceptors (Lipinski definition) is 2. The summed E-state index contributed by atoms with van der Waals surface area (Å²) in [5.41, 5.74) is 2.21. The Morgan fingerprint density at radius 1 is 0.806 bits per heavy atom. The van der Waals surface area contributed by atoms with Crippen molar-refractivity contribution in [1.82, 2.24) is 0 Å². The van der Waals surface area contributed by atoms with Crippen LogP contribution in [-0.2, 0) is 6.42 Å². The first-order chi connectivity index (χ1) is 17.1. The van der Waals surface area contributed by atoms with Crippen molar-refractivity contribution in [2.45, 2.75) is 118 Å². The summed E-state index contributed by atoms with van der Waals surface area (Å²) in [6.45, 7) is 12.7. The lowest BCUT2D eigenvalue weighted by Gasteiger charge is -2.63. The lowest BCUT2D eigenvalue weighted by Crippen LogP contribution is -2.57. The number of phenols is 1. The number of hydrogen-bond donors (Lipinski definition) is 2. The summed E-state index contributed by atoms with van der Waals surface area (Å²) < 4.78 is 0. The Hall–Kier alpha value is -1.02. The van der Waals surface area contributed by atoms with Crippen molar-refractivity contribution in [2.75, 3.05) is 0 Å². The summed E-state index contributed by atoms with van der Waals surface area (Å²) in [4.78, 5) is 0. The van der Waals surface area contributed by atoms with E-state index in [0.29, 0.717) is 28.4 Å². The fourth-order valence-electron chi connectivity index (χ4n) is 10.7. The summed E-state index contributed by atoms with van der Waals surface area (Å²) in [6, 6.07) is 7.74. The Morgan fingerprint density at radius 2 is 1.47 bits per heavy atom. The number of aliphatic hydroxyl groups excluding tert-OH is 1. The molecule has 0 amide bonds. The third kappa shape index (κ3) is 4.67. The highest BCUT2D eigenvalue weighted by atomic mass is 16.3. The average molecular weight is 495 g/mol. The van der Waals surface area contributed by atoms with Crippen molar-refractivity contribution in [1.29, 1.82) is 0 Å². The maximum atomic E-state index is 11.2. The molecular formula is C34H54O2. The van der Waals surface area contributed by atoms with Crippen molar-refractivity contribution in [3.8, 4) is 5.75 Å². The van der Waals surface area contributed by atoms with E-state index in [1.165, 1.54) is 69.8 Å². The van der Waals surface area contributed by atoms with Crippen LogP contribution in [0.2, 0.25) is 0 Å². The molecule has 202 valence electrons. The molecule has 0 unspecified atom stereocenters. The quantitative estimate of drug-likeness (QED) is 0.398. The van der Waals surface area contributed by atoms with Crippen LogP contribution < -0.4 is 0 Å². The minimum atomic E-state index is -0.176. The Morgan fingerprint density at radius 3 is 2.19 bits per heavy atom. The Balaban J connectivity index is 1.31. The highest BCUT2D eigenvalue weighted by molar-refractivity contribution is 5.26. The zero-order valence-corrected chi connectivity index (χ0v) is 23.9. The summed E-state index contributed by atoms with van der Waals surface area (Å²) in [6.07, 6.45) is 15.7. The van der Waals surface area contributed by atoms with Gasteiger partial charge in [0.1, 0.15) is 5.75 Å². The number of aliphatic hydroxyl groups is 1. The summed E-state index contributed by atoms with van der Waals surface area (Å²) in [5.74, 6) is 6.64. The molecule has 36 heavy (non-hydrogen) atoms. The number of aromatic hydroxyl groups is 1. The van der Waals surface area contributed by atoms with E-state index in [2.05, 4.69) is 46.8 Å². The molecule has 0 aromatic heterocycles. The molecule has 4 fully saturated rings. The Bertz CT molecular complexity index is 876. The minimum absolute atomic E-state index is 0.176. The second-order valence-corrected chi connectivity index (χ2v) is 14.7. The molecule has 4 aliphatic carbocycles. The molecule has 0 bridgehead atoms. The first-order valence-corrected chi connectivity index (χ1v) is 15.6. The predicted octanol–water partition coefficient (Wildman–Crippen LogP) is 8.64. The van der Waals surface area contributed by atoms with Gasteiger partial charge >= 0.3 is 0 Å². The van der Waals surface area contributed by atoms with E-state index in [1.807, 2.05) is 12.1 Å². The van der Waals surface area contributed by atoms with Gasteiger partial charge in [-0.05, 0) is 134 Å². The summed E-state index contributed by atoms with van der Waals surface area (Å²) in [5, 5.41) is 20.9. The summed E-state index contributed by atoms with van der Waals surface area (Å²) in [7, 11) is 0. The van der Waals surface area contributed by atoms with Gasteiger partial charge in [-0.15, -0.1) is 0 Å². The van der Waals surface area contributed by atoms with Gasteiger partial charge in [-0.2, -0.15) is 0 Å². The Kier molecular flexibility index (Phi) is 7.59. The van der Waals surface area contributed by atoms with E-state index in [9.17, 15) is 10.2 Å². The van der Waals surface area contributed by atoms with Crippen molar-refractivity contribution in [3.63, 3.8) is 0 Å². The van der Waals surface area contributed by atoms with Gasteiger partial charge in [0.05, 0.1) is 6.10 Å². The average Bonchev–Trinajstić information content (AvgIpc) is 3.19. The molecule has 0 heterocycles. The van der Waals surface area contributed by atoms with Crippen LogP contribution >= 0.6 is 0 Å². The second-order valence-electron chi connectivity index (χ2n) is 14.7. The molecule has 0 saturated heterocycles. The van der Waals surface area contributed by atoms with E-state index >= 15 is 0 Å². The van der Waals surface area contributed by atoms with Crippen molar-refractivity contribution in [3.05, 3.63) is 29.8 Å². The van der Waals surface area contributed by atoms with Crippen LogP contribution in [0.1, 0.15) is 111 Å². The van der Waals surface area contributed by atoms with Crippen molar-refractivity contribution in [2.24, 2.45) is 58.2 Å². The van der Waals surface area contributed by atoms with Gasteiger partial charge in [0, 0.05) is 0 Å². The molecule has 2 N–H and O–H groups in total. The molecule has 1 aromatic carbocycles. The third-order valence-corrected chi connectivity index (χ3v) is 12.5. The van der Waals surface area contributed by atoms with Gasteiger partial charge in [0.15, 0.2) is 0 Å². The number of phenolic OH excluding ortho intramolecular Hbond substituents is 1. The number of benzene rings is 1. The first-order valence-electron chi connectivity index (χ1n) is 15.6. The molecule has 2 nitrogen and oxygen atoms in total. The van der Waals surface area contributed by atoms with E-state index < -0.39 is 0 Å². The highest BCUT2D eigenvalue weighted by Crippen LogP contribution is 2.69. The van der Waals surface area contributed by atoms with Crippen molar-refractivity contribution < 1.29 is 10.2 Å². The van der Waals surface area contributed by atoms with Crippen molar-refractivity contribution >= 4 is 0 Å². The molecule has 4 saturated carbocycles. The molecule has 5 rings (SSSR count). The molecular weight excluding hydrogens is 440 g/mol. The zero-order valence-electron chi connectivity index (χ0n) is 23.9. The van der Waals surface area contributed by atoms with Gasteiger partial charge in [-0.1, -0.05) is 66.0 Å². The van der Waals surface area contributed by atoms with Gasteiger partial charge in [-0.3, -0.25) is 0 Å². The van der Waals surface area contributed by atoms with Crippen LogP contribution in [0, 0.1) is 58.2 Å². The predicted molar refractivity (Wildman–Crippen MR) is 150 cm³/mol. The molecule has 0 spiro atoms. The SMILES string of the molecule is CC(C)CCC[C@@H](C)[C@H]1CC[C@H]2[C@@H]3CC[C@H]4[C@H](Cc5ccc(O)cc5)[C@@H](O)CC[C@]4(C)[C@H]3CC[C@]12C. The molecule has 2 heteroatoms. The third-order valence-electron chi connectivity index (χ3n) is 12.5. The van der Waals surface area contributed by atoms with E-state index in [1.54, 1.807) is 0 Å². The van der Waals surface area contributed by atoms with Gasteiger partial charge in [0.2, 0.25) is 0 Å². The molecule has 10 atom stereocenters. The van der Waals surface area contributed by atoms with Crippen LogP contribution in [0.5, 0.6) is 5.75 Å². The van der Waals surface area contributed by atoms with Crippen LogP contribution in [-0.4, -0.2) is 16.3 Å². The fraction of sp³-hybridized carbons (Fsp3) is 0.824. The Labute approximate surface area is 221 Å². The molecule has 0 radical (unpaired) electrons. The standard InChI is InChI=1S/C34H54O2/c1-22(2)7-6-8-23(3)28-15-16-29-26-13-14-30-27(21-24-9-11-25(35)12-10-24)32(36)18-20-34(30,5)31(26)17-19-33(28,29)4/h9-12,22-23,26-32,35-36H,6-8,13-21H2,1-5H3/t23-,26+,27+,28-,29+,30+,31+,32+,33-,34+/m1/s1. The van der Waals surface area contributed by atoms with Crippen LogP contribution in [0.15, 0.2) is 24.3 Å². The lowest BCUT2D eigenvalue weighted by molar-refractivity contribution is -0.152. The molecule has 0 aliphatic heterocycles. The number of fused-ring (bicyclic) bond motifs is 5. The van der Waals surface area contributed by atoms with Gasteiger partial charge < -0.3 is 10.2 Å². The normalized spacial score (nSPS) is 43.0. The minimum Gasteiger partial charge on any atom is -0.508 e. The van der Waals surface area contributed by atoms with E-state index in [4.69, 9.17) is 0 Å². The molecule has 4 aliphatic rings. The topological polar surface area (TPSA) is 40.5 Å². The second kappa shape index (κ2) is 10.3. The van der Waals surface area contributed by atoms with E-state index in [-0.39, 0.29) is 6.10 Å².